The van der Waals surface area contributed by atoms with Crippen molar-refractivity contribution in [1.82, 2.24) is 10.2 Å². The summed E-state index contributed by atoms with van der Waals surface area (Å²) in [5.41, 5.74) is 1.51. The summed E-state index contributed by atoms with van der Waals surface area (Å²) in [5.74, 6) is 0.536. The number of ether oxygens (including phenoxy) is 1. The molecular weight excluding hydrogens is 332 g/mol. The second kappa shape index (κ2) is 6.74. The highest BCUT2D eigenvalue weighted by atomic mass is 16.5. The molecule has 1 aromatic rings. The third kappa shape index (κ3) is 3.08. The Morgan fingerprint density at radius 2 is 1.92 bits per heavy atom. The third-order valence-electron chi connectivity index (χ3n) is 5.82. The Morgan fingerprint density at radius 1 is 1.12 bits per heavy atom. The van der Waals surface area contributed by atoms with E-state index in [1.54, 1.807) is 11.0 Å². The SMILES string of the molecule is C[C@H]1CCCC[C@H]1Oc1ccc2c(c1)CN(C1CCC(=O)NC1=O)C2=O. The predicted octanol–water partition coefficient (Wildman–Crippen LogP) is 2.41. The van der Waals surface area contributed by atoms with Crippen LogP contribution in [0.1, 0.15) is 61.4 Å². The summed E-state index contributed by atoms with van der Waals surface area (Å²) in [6.45, 7) is 2.61. The minimum atomic E-state index is -0.574. The number of fused-ring (bicyclic) bond motifs is 1. The van der Waals surface area contributed by atoms with Crippen molar-refractivity contribution >= 4 is 17.7 Å². The second-order valence-electron chi connectivity index (χ2n) is 7.64. The van der Waals surface area contributed by atoms with Gasteiger partial charge in [-0.15, -0.1) is 0 Å². The van der Waals surface area contributed by atoms with E-state index < -0.39 is 6.04 Å². The van der Waals surface area contributed by atoms with Gasteiger partial charge in [-0.1, -0.05) is 13.3 Å². The van der Waals surface area contributed by atoms with Gasteiger partial charge in [0.2, 0.25) is 11.8 Å². The number of carbonyl (C=O) groups is 3. The highest BCUT2D eigenvalue weighted by Gasteiger charge is 2.39. The molecule has 3 amide bonds. The first kappa shape index (κ1) is 17.1. The zero-order chi connectivity index (χ0) is 18.3. The Labute approximate surface area is 152 Å². The molecule has 6 nitrogen and oxygen atoms in total. The van der Waals surface area contributed by atoms with E-state index in [2.05, 4.69) is 12.2 Å². The molecule has 1 N–H and O–H groups in total. The van der Waals surface area contributed by atoms with E-state index in [0.29, 0.717) is 24.4 Å². The summed E-state index contributed by atoms with van der Waals surface area (Å²) in [6.07, 6.45) is 5.60. The number of rotatable bonds is 3. The molecule has 26 heavy (non-hydrogen) atoms. The topological polar surface area (TPSA) is 75.7 Å². The Bertz CT molecular complexity index is 760. The van der Waals surface area contributed by atoms with Crippen LogP contribution in [0.2, 0.25) is 0 Å². The summed E-state index contributed by atoms with van der Waals surface area (Å²) < 4.78 is 6.19. The number of benzene rings is 1. The van der Waals surface area contributed by atoms with Crippen molar-refractivity contribution in [1.29, 1.82) is 0 Å². The number of nitrogens with one attached hydrogen (secondary N) is 1. The number of imide groups is 1. The van der Waals surface area contributed by atoms with Crippen LogP contribution < -0.4 is 10.1 Å². The maximum Gasteiger partial charge on any atom is 0.255 e. The van der Waals surface area contributed by atoms with Gasteiger partial charge in [-0.3, -0.25) is 19.7 Å². The average Bonchev–Trinajstić information content (AvgIpc) is 2.93. The maximum atomic E-state index is 12.7. The molecule has 0 spiro atoms. The fourth-order valence-corrected chi connectivity index (χ4v) is 4.26. The van der Waals surface area contributed by atoms with Crippen molar-refractivity contribution in [2.75, 3.05) is 0 Å². The Balaban J connectivity index is 1.49. The molecule has 1 saturated carbocycles. The van der Waals surface area contributed by atoms with Gasteiger partial charge in [0.15, 0.2) is 0 Å². The smallest absolute Gasteiger partial charge is 0.255 e. The summed E-state index contributed by atoms with van der Waals surface area (Å²) >= 11 is 0. The van der Waals surface area contributed by atoms with Crippen molar-refractivity contribution < 1.29 is 19.1 Å². The van der Waals surface area contributed by atoms with Gasteiger partial charge in [0.1, 0.15) is 17.9 Å². The Morgan fingerprint density at radius 3 is 2.69 bits per heavy atom. The standard InChI is InChI=1S/C20H24N2O4/c1-12-4-2-3-5-17(12)26-14-6-7-15-13(10-14)11-22(20(15)25)16-8-9-18(23)21-19(16)24/h6-7,10,12,16-17H,2-5,8-9,11H2,1H3,(H,21,23,24)/t12-,16?,17+/m0/s1. The Kier molecular flexibility index (Phi) is 4.42. The largest absolute Gasteiger partial charge is 0.490 e. The first-order valence-corrected chi connectivity index (χ1v) is 9.47. The van der Waals surface area contributed by atoms with E-state index in [1.807, 2.05) is 12.1 Å². The van der Waals surface area contributed by atoms with Crippen LogP contribution in [0.5, 0.6) is 5.75 Å². The summed E-state index contributed by atoms with van der Waals surface area (Å²) in [6, 6.07) is 5.01. The quantitative estimate of drug-likeness (QED) is 0.844. The molecule has 4 rings (SSSR count). The van der Waals surface area contributed by atoms with Gasteiger partial charge in [0.05, 0.1) is 0 Å². The lowest BCUT2D eigenvalue weighted by molar-refractivity contribution is -0.136. The molecule has 0 radical (unpaired) electrons. The van der Waals surface area contributed by atoms with Crippen LogP contribution in [-0.2, 0) is 16.1 Å². The van der Waals surface area contributed by atoms with Crippen LogP contribution in [0.25, 0.3) is 0 Å². The van der Waals surface area contributed by atoms with E-state index in [9.17, 15) is 14.4 Å². The van der Waals surface area contributed by atoms with Crippen LogP contribution in [0.3, 0.4) is 0 Å². The predicted molar refractivity (Wildman–Crippen MR) is 94.5 cm³/mol. The summed E-state index contributed by atoms with van der Waals surface area (Å²) in [4.78, 5) is 37.7. The molecule has 2 fully saturated rings. The lowest BCUT2D eigenvalue weighted by Crippen LogP contribution is -2.52. The van der Waals surface area contributed by atoms with Gasteiger partial charge in [-0.25, -0.2) is 0 Å². The molecule has 3 atom stereocenters. The van der Waals surface area contributed by atoms with Crippen LogP contribution in [0.4, 0.5) is 0 Å². The molecule has 1 unspecified atom stereocenters. The van der Waals surface area contributed by atoms with Gasteiger partial charge in [-0.05, 0) is 55.4 Å². The molecule has 1 aromatic carbocycles. The lowest BCUT2D eigenvalue weighted by atomic mass is 9.88. The molecule has 3 aliphatic rings. The van der Waals surface area contributed by atoms with E-state index in [-0.39, 0.29) is 30.2 Å². The van der Waals surface area contributed by atoms with Gasteiger partial charge in [0.25, 0.3) is 5.91 Å². The van der Waals surface area contributed by atoms with Crippen molar-refractivity contribution in [3.63, 3.8) is 0 Å². The van der Waals surface area contributed by atoms with Crippen molar-refractivity contribution in [2.24, 2.45) is 5.92 Å². The molecule has 0 aromatic heterocycles. The Hall–Kier alpha value is -2.37. The minimum absolute atomic E-state index is 0.146. The van der Waals surface area contributed by atoms with Crippen molar-refractivity contribution in [3.05, 3.63) is 29.3 Å². The molecule has 138 valence electrons. The van der Waals surface area contributed by atoms with Crippen molar-refractivity contribution in [3.8, 4) is 5.75 Å². The minimum Gasteiger partial charge on any atom is -0.490 e. The fraction of sp³-hybridized carbons (Fsp3) is 0.550. The second-order valence-corrected chi connectivity index (χ2v) is 7.64. The molecular formula is C20H24N2O4. The maximum absolute atomic E-state index is 12.7. The highest BCUT2D eigenvalue weighted by Crippen LogP contribution is 2.32. The molecule has 0 bridgehead atoms. The molecule has 1 saturated heterocycles. The molecule has 1 aliphatic carbocycles. The lowest BCUT2D eigenvalue weighted by Gasteiger charge is -2.29. The van der Waals surface area contributed by atoms with Gasteiger partial charge in [0, 0.05) is 18.5 Å². The normalized spacial score (nSPS) is 28.7. The van der Waals surface area contributed by atoms with Crippen LogP contribution in [0.15, 0.2) is 18.2 Å². The number of hydrogen-bond acceptors (Lipinski definition) is 4. The molecule has 2 aliphatic heterocycles. The van der Waals surface area contributed by atoms with E-state index in [4.69, 9.17) is 4.74 Å². The molecule has 2 heterocycles. The highest BCUT2D eigenvalue weighted by molar-refractivity contribution is 6.05. The first-order valence-electron chi connectivity index (χ1n) is 9.47. The number of hydrogen-bond donors (Lipinski definition) is 1. The monoisotopic (exact) mass is 356 g/mol. The van der Waals surface area contributed by atoms with Crippen molar-refractivity contribution in [2.45, 2.75) is 64.1 Å². The van der Waals surface area contributed by atoms with Crippen LogP contribution in [-0.4, -0.2) is 34.8 Å². The average molecular weight is 356 g/mol. The van der Waals surface area contributed by atoms with Crippen LogP contribution in [0, 0.1) is 5.92 Å². The number of piperidine rings is 1. The zero-order valence-corrected chi connectivity index (χ0v) is 15.0. The summed E-state index contributed by atoms with van der Waals surface area (Å²) in [5, 5.41) is 2.33. The third-order valence-corrected chi connectivity index (χ3v) is 5.82. The van der Waals surface area contributed by atoms with Crippen LogP contribution >= 0.6 is 0 Å². The van der Waals surface area contributed by atoms with Gasteiger partial charge < -0.3 is 9.64 Å². The zero-order valence-electron chi connectivity index (χ0n) is 15.0. The number of carbonyl (C=O) groups excluding carboxylic acids is 3. The van der Waals surface area contributed by atoms with Gasteiger partial charge in [-0.2, -0.15) is 0 Å². The van der Waals surface area contributed by atoms with Gasteiger partial charge >= 0.3 is 0 Å². The van der Waals surface area contributed by atoms with E-state index in [0.717, 1.165) is 17.7 Å². The summed E-state index contributed by atoms with van der Waals surface area (Å²) in [7, 11) is 0. The number of amides is 3. The van der Waals surface area contributed by atoms with E-state index >= 15 is 0 Å². The first-order chi connectivity index (χ1) is 12.5. The number of nitrogens with zero attached hydrogens (tertiary/aromatic N) is 1. The molecule has 6 heteroatoms. The fourth-order valence-electron chi connectivity index (χ4n) is 4.26. The van der Waals surface area contributed by atoms with E-state index in [1.165, 1.54) is 19.3 Å².